The van der Waals surface area contributed by atoms with E-state index in [-0.39, 0.29) is 23.7 Å². The van der Waals surface area contributed by atoms with E-state index in [0.29, 0.717) is 5.92 Å². The molecule has 0 aromatic heterocycles. The summed E-state index contributed by atoms with van der Waals surface area (Å²) in [4.78, 5) is 15.0. The standard InChI is InChI=1S/C17H23ClN2O/c1-4-14(11(2)3)20-15(12-5-7-13(18)8-6-12)19-17(9-10-17)16(20)21/h5-8,11,14-15,19H,4,9-10H2,1-3H3. The topological polar surface area (TPSA) is 32.3 Å². The lowest BCUT2D eigenvalue weighted by atomic mass is 9.98. The lowest BCUT2D eigenvalue weighted by Crippen LogP contribution is -2.43. The highest BCUT2D eigenvalue weighted by atomic mass is 35.5. The summed E-state index contributed by atoms with van der Waals surface area (Å²) in [5, 5.41) is 4.31. The summed E-state index contributed by atoms with van der Waals surface area (Å²) in [6.07, 6.45) is 2.87. The number of carbonyl (C=O) groups excluding carboxylic acids is 1. The van der Waals surface area contributed by atoms with Gasteiger partial charge in [0.05, 0.1) is 0 Å². The second-order valence-corrected chi connectivity index (χ2v) is 7.05. The maximum atomic E-state index is 12.9. The molecule has 1 aromatic carbocycles. The van der Waals surface area contributed by atoms with E-state index in [1.54, 1.807) is 0 Å². The molecule has 114 valence electrons. The van der Waals surface area contributed by atoms with Gasteiger partial charge in [0.15, 0.2) is 0 Å². The molecule has 3 rings (SSSR count). The number of benzene rings is 1. The third-order valence-corrected chi connectivity index (χ3v) is 5.07. The van der Waals surface area contributed by atoms with Crippen molar-refractivity contribution in [1.29, 1.82) is 0 Å². The summed E-state index contributed by atoms with van der Waals surface area (Å²) in [5.74, 6) is 0.729. The van der Waals surface area contributed by atoms with Gasteiger partial charge in [-0.3, -0.25) is 10.1 Å². The van der Waals surface area contributed by atoms with Crippen LogP contribution >= 0.6 is 11.6 Å². The van der Waals surface area contributed by atoms with Crippen LogP contribution in [0.3, 0.4) is 0 Å². The highest BCUT2D eigenvalue weighted by molar-refractivity contribution is 6.30. The fraction of sp³-hybridized carbons (Fsp3) is 0.588. The molecule has 1 heterocycles. The van der Waals surface area contributed by atoms with Gasteiger partial charge in [-0.25, -0.2) is 0 Å². The Morgan fingerprint density at radius 2 is 1.95 bits per heavy atom. The summed E-state index contributed by atoms with van der Waals surface area (Å²) < 4.78 is 0. The first-order valence-corrected chi connectivity index (χ1v) is 8.22. The van der Waals surface area contributed by atoms with Gasteiger partial charge in [0.2, 0.25) is 5.91 Å². The fourth-order valence-electron chi connectivity index (χ4n) is 3.46. The van der Waals surface area contributed by atoms with Crippen LogP contribution in [0.2, 0.25) is 5.02 Å². The Balaban J connectivity index is 1.96. The molecule has 0 radical (unpaired) electrons. The molecule has 1 aliphatic heterocycles. The Morgan fingerprint density at radius 3 is 2.43 bits per heavy atom. The molecule has 1 aromatic rings. The van der Waals surface area contributed by atoms with Gasteiger partial charge in [0, 0.05) is 11.1 Å². The third-order valence-electron chi connectivity index (χ3n) is 4.82. The van der Waals surface area contributed by atoms with E-state index >= 15 is 0 Å². The van der Waals surface area contributed by atoms with Gasteiger partial charge in [-0.05, 0) is 42.9 Å². The molecule has 2 atom stereocenters. The van der Waals surface area contributed by atoms with Crippen LogP contribution in [0.25, 0.3) is 0 Å². The van der Waals surface area contributed by atoms with Crippen LogP contribution in [-0.2, 0) is 4.79 Å². The SMILES string of the molecule is CCC(C(C)C)N1C(=O)C2(CC2)NC1c1ccc(Cl)cc1. The average Bonchev–Trinajstić information content (AvgIpc) is 3.18. The molecule has 3 nitrogen and oxygen atoms in total. The van der Waals surface area contributed by atoms with Crippen molar-refractivity contribution < 1.29 is 4.79 Å². The summed E-state index contributed by atoms with van der Waals surface area (Å²) in [6.45, 7) is 6.55. The van der Waals surface area contributed by atoms with Crippen LogP contribution in [0.4, 0.5) is 0 Å². The second-order valence-electron chi connectivity index (χ2n) is 6.61. The molecule has 1 aliphatic carbocycles. The first-order valence-electron chi connectivity index (χ1n) is 7.84. The Bertz CT molecular complexity index is 536. The van der Waals surface area contributed by atoms with Crippen LogP contribution in [-0.4, -0.2) is 22.4 Å². The van der Waals surface area contributed by atoms with Gasteiger partial charge < -0.3 is 4.90 Å². The summed E-state index contributed by atoms with van der Waals surface area (Å²) >= 11 is 5.99. The number of carbonyl (C=O) groups is 1. The van der Waals surface area contributed by atoms with E-state index in [9.17, 15) is 4.79 Å². The molecule has 1 spiro atoms. The van der Waals surface area contributed by atoms with Crippen molar-refractivity contribution in [3.05, 3.63) is 34.9 Å². The van der Waals surface area contributed by atoms with Gasteiger partial charge in [-0.15, -0.1) is 0 Å². The lowest BCUT2D eigenvalue weighted by molar-refractivity contribution is -0.134. The van der Waals surface area contributed by atoms with Crippen LogP contribution in [0.15, 0.2) is 24.3 Å². The van der Waals surface area contributed by atoms with Gasteiger partial charge in [0.25, 0.3) is 0 Å². The van der Waals surface area contributed by atoms with Crippen LogP contribution in [0.5, 0.6) is 0 Å². The largest absolute Gasteiger partial charge is 0.318 e. The molecule has 1 saturated heterocycles. The Labute approximate surface area is 131 Å². The highest BCUT2D eigenvalue weighted by Gasteiger charge is 2.60. The van der Waals surface area contributed by atoms with Crippen LogP contribution in [0, 0.1) is 5.92 Å². The molecular weight excluding hydrogens is 284 g/mol. The highest BCUT2D eigenvalue weighted by Crippen LogP contribution is 2.47. The number of nitrogens with one attached hydrogen (secondary N) is 1. The molecule has 2 unspecified atom stereocenters. The predicted octanol–water partition coefficient (Wildman–Crippen LogP) is 3.74. The lowest BCUT2D eigenvalue weighted by Gasteiger charge is -2.35. The van der Waals surface area contributed by atoms with Crippen molar-refractivity contribution in [2.75, 3.05) is 0 Å². The van der Waals surface area contributed by atoms with E-state index in [2.05, 4.69) is 31.0 Å². The zero-order chi connectivity index (χ0) is 15.2. The van der Waals surface area contributed by atoms with E-state index in [1.165, 1.54) is 0 Å². The van der Waals surface area contributed by atoms with Crippen molar-refractivity contribution in [2.24, 2.45) is 5.92 Å². The van der Waals surface area contributed by atoms with E-state index in [1.807, 2.05) is 24.3 Å². The molecule has 21 heavy (non-hydrogen) atoms. The average molecular weight is 307 g/mol. The van der Waals surface area contributed by atoms with Crippen molar-refractivity contribution >= 4 is 17.5 Å². The van der Waals surface area contributed by atoms with Crippen LogP contribution in [0.1, 0.15) is 51.8 Å². The number of hydrogen-bond donors (Lipinski definition) is 1. The maximum absolute atomic E-state index is 12.9. The van der Waals surface area contributed by atoms with Crippen molar-refractivity contribution in [1.82, 2.24) is 10.2 Å². The maximum Gasteiger partial charge on any atom is 0.244 e. The first-order chi connectivity index (χ1) is 9.98. The number of amides is 1. The smallest absolute Gasteiger partial charge is 0.244 e. The molecule has 1 N–H and O–H groups in total. The van der Waals surface area contributed by atoms with E-state index in [4.69, 9.17) is 11.6 Å². The number of rotatable bonds is 4. The zero-order valence-electron chi connectivity index (χ0n) is 12.9. The molecule has 0 bridgehead atoms. The van der Waals surface area contributed by atoms with Gasteiger partial charge in [-0.2, -0.15) is 0 Å². The molecule has 1 amide bonds. The minimum Gasteiger partial charge on any atom is -0.318 e. The Morgan fingerprint density at radius 1 is 1.33 bits per heavy atom. The van der Waals surface area contributed by atoms with Crippen molar-refractivity contribution in [2.45, 2.75) is 57.8 Å². The predicted molar refractivity (Wildman–Crippen MR) is 85.1 cm³/mol. The number of nitrogens with zero attached hydrogens (tertiary/aromatic N) is 1. The number of halogens is 1. The zero-order valence-corrected chi connectivity index (χ0v) is 13.7. The molecule has 4 heteroatoms. The minimum atomic E-state index is -0.285. The Hall–Kier alpha value is -1.06. The molecule has 2 aliphatic rings. The monoisotopic (exact) mass is 306 g/mol. The molecule has 2 fully saturated rings. The number of hydrogen-bond acceptors (Lipinski definition) is 2. The minimum absolute atomic E-state index is 0.0235. The summed E-state index contributed by atoms with van der Waals surface area (Å²) in [6, 6.07) is 8.11. The summed E-state index contributed by atoms with van der Waals surface area (Å²) in [5.41, 5.74) is 0.836. The first kappa shape index (κ1) is 14.9. The van der Waals surface area contributed by atoms with Gasteiger partial charge in [0.1, 0.15) is 11.7 Å². The third kappa shape index (κ3) is 2.47. The van der Waals surface area contributed by atoms with Crippen molar-refractivity contribution in [3.8, 4) is 0 Å². The molecule has 1 saturated carbocycles. The second kappa shape index (κ2) is 5.29. The van der Waals surface area contributed by atoms with E-state index in [0.717, 1.165) is 29.8 Å². The fourth-order valence-corrected chi connectivity index (χ4v) is 3.59. The normalized spacial score (nSPS) is 24.9. The van der Waals surface area contributed by atoms with Gasteiger partial charge in [-0.1, -0.05) is 44.5 Å². The van der Waals surface area contributed by atoms with Crippen molar-refractivity contribution in [3.63, 3.8) is 0 Å². The molecular formula is C17H23ClN2O. The Kier molecular flexibility index (Phi) is 3.74. The van der Waals surface area contributed by atoms with Gasteiger partial charge >= 0.3 is 0 Å². The summed E-state index contributed by atoms with van der Waals surface area (Å²) in [7, 11) is 0. The van der Waals surface area contributed by atoms with Crippen LogP contribution < -0.4 is 5.32 Å². The quantitative estimate of drug-likeness (QED) is 0.919. The van der Waals surface area contributed by atoms with E-state index < -0.39 is 0 Å².